The van der Waals surface area contributed by atoms with Gasteiger partial charge in [-0.15, -0.1) is 74.6 Å². The van der Waals surface area contributed by atoms with Gasteiger partial charge in [-0.25, -0.2) is 0 Å². The summed E-state index contributed by atoms with van der Waals surface area (Å²) in [6, 6.07) is 24.5. The third-order valence-electron chi connectivity index (χ3n) is 4.52. The minimum absolute atomic E-state index is 0. The zero-order chi connectivity index (χ0) is 14.4. The molecule has 0 saturated carbocycles. The number of hydrogen-bond acceptors (Lipinski definition) is 0. The van der Waals surface area contributed by atoms with Crippen molar-refractivity contribution in [2.45, 2.75) is 13.5 Å². The van der Waals surface area contributed by atoms with Gasteiger partial charge in [-0.2, -0.15) is 17.5 Å². The van der Waals surface area contributed by atoms with Gasteiger partial charge in [-0.3, -0.25) is 0 Å². The zero-order valence-corrected chi connectivity index (χ0v) is 16.3. The Hall–Kier alpha value is -1.24. The minimum Gasteiger partial charge on any atom is -0.169 e. The molecule has 0 aromatic heterocycles. The van der Waals surface area contributed by atoms with E-state index in [1.54, 1.807) is 5.19 Å². The van der Waals surface area contributed by atoms with E-state index in [0.717, 1.165) is 0 Å². The summed E-state index contributed by atoms with van der Waals surface area (Å²) < 4.78 is 0. The molecule has 4 rings (SSSR count). The van der Waals surface area contributed by atoms with Gasteiger partial charge in [0.2, 0.25) is 0 Å². The Morgan fingerprint density at radius 1 is 0.909 bits per heavy atom. The van der Waals surface area contributed by atoms with E-state index in [9.17, 15) is 0 Å². The summed E-state index contributed by atoms with van der Waals surface area (Å²) in [5, 5.41) is 8.59. The van der Waals surface area contributed by atoms with Gasteiger partial charge in [0.1, 0.15) is 0 Å². The van der Waals surface area contributed by atoms with Crippen LogP contribution >= 0.6 is 0 Å². The monoisotopic (exact) mass is 375 g/mol. The first-order valence-corrected chi connectivity index (χ1v) is 9.39. The molecule has 4 aromatic rings. The number of aryl methyl sites for hydroxylation is 1. The Morgan fingerprint density at radius 3 is 2.32 bits per heavy atom. The predicted octanol–water partition coefficient (Wildman–Crippen LogP) is 3.98. The van der Waals surface area contributed by atoms with E-state index >= 15 is 0 Å². The second-order valence-electron chi connectivity index (χ2n) is 5.77. The molecule has 105 valence electrons. The number of fused-ring (bicyclic) bond motifs is 2. The molecule has 0 bridgehead atoms. The van der Waals surface area contributed by atoms with Crippen LogP contribution in [0.5, 0.6) is 0 Å². The maximum atomic E-state index is 2.42. The molecule has 2 heteroatoms. The Balaban J connectivity index is 0.00000144. The van der Waals surface area contributed by atoms with E-state index in [4.69, 9.17) is 0 Å². The largest absolute Gasteiger partial charge is 2.00 e. The van der Waals surface area contributed by atoms with Crippen molar-refractivity contribution < 1.29 is 26.2 Å². The van der Waals surface area contributed by atoms with Gasteiger partial charge in [-0.05, 0) is 0 Å². The Bertz CT molecular complexity index is 896. The average molecular weight is 377 g/mol. The number of rotatable bonds is 2. The first kappa shape index (κ1) is 15.6. The maximum Gasteiger partial charge on any atom is 2.00 e. The first-order chi connectivity index (χ1) is 10.2. The van der Waals surface area contributed by atoms with Gasteiger partial charge in [0.05, 0.1) is 8.80 Å². The molecular formula is C20H17SiZr. The topological polar surface area (TPSA) is 0 Å². The molecular weight excluding hydrogens is 360 g/mol. The fraction of sp³-hybridized carbons (Fsp3) is 0.100. The van der Waals surface area contributed by atoms with E-state index in [1.165, 1.54) is 32.3 Å². The quantitative estimate of drug-likeness (QED) is 0.367. The molecule has 0 fully saturated rings. The Labute approximate surface area is 152 Å². The molecule has 1 radical (unpaired) electrons. The summed E-state index contributed by atoms with van der Waals surface area (Å²) in [6.07, 6.45) is 0. The summed E-state index contributed by atoms with van der Waals surface area (Å²) >= 11 is 0. The van der Waals surface area contributed by atoms with Gasteiger partial charge in [0, 0.05) is 0 Å². The van der Waals surface area contributed by atoms with E-state index in [2.05, 4.69) is 80.2 Å². The van der Waals surface area contributed by atoms with Crippen LogP contribution in [-0.4, -0.2) is 8.80 Å². The molecule has 0 spiro atoms. The third kappa shape index (κ3) is 2.49. The Kier molecular flexibility index (Phi) is 4.34. The smallest absolute Gasteiger partial charge is 0.169 e. The fourth-order valence-corrected chi connectivity index (χ4v) is 5.41. The van der Waals surface area contributed by atoms with Crippen LogP contribution in [0.3, 0.4) is 0 Å². The minimum atomic E-state index is -0.697. The van der Waals surface area contributed by atoms with E-state index in [0.29, 0.717) is 0 Å². The van der Waals surface area contributed by atoms with Crippen LogP contribution in [0.2, 0.25) is 6.55 Å². The summed E-state index contributed by atoms with van der Waals surface area (Å²) in [7, 11) is -0.697. The fourth-order valence-electron chi connectivity index (χ4n) is 3.29. The van der Waals surface area contributed by atoms with Crippen molar-refractivity contribution in [3.63, 3.8) is 0 Å². The second-order valence-corrected chi connectivity index (χ2v) is 8.13. The van der Waals surface area contributed by atoms with Crippen molar-refractivity contribution in [1.82, 2.24) is 0 Å². The molecule has 0 aliphatic carbocycles. The molecule has 0 nitrogen and oxygen atoms in total. The van der Waals surface area contributed by atoms with Gasteiger partial charge in [0.15, 0.2) is 0 Å². The van der Waals surface area contributed by atoms with Crippen molar-refractivity contribution >= 4 is 40.7 Å². The SMILES string of the molecule is C[c-]1c([Si](C)c2cc3ccccc3[cH-]2)cc2ccccc21.[Zr+2]. The van der Waals surface area contributed by atoms with Crippen LogP contribution in [0.1, 0.15) is 5.56 Å². The van der Waals surface area contributed by atoms with Crippen molar-refractivity contribution in [2.75, 3.05) is 0 Å². The van der Waals surface area contributed by atoms with Crippen molar-refractivity contribution in [3.05, 3.63) is 72.3 Å². The zero-order valence-electron chi connectivity index (χ0n) is 12.9. The van der Waals surface area contributed by atoms with Gasteiger partial charge in [0.25, 0.3) is 0 Å². The summed E-state index contributed by atoms with van der Waals surface area (Å²) in [6.45, 7) is 4.69. The van der Waals surface area contributed by atoms with Crippen molar-refractivity contribution in [3.8, 4) is 0 Å². The molecule has 0 aliphatic heterocycles. The maximum absolute atomic E-state index is 2.42. The standard InChI is InChI=1S/C20H17Si.Zr/c1-14-19-10-6-5-9-17(19)13-20(14)21(2)18-11-15-7-3-4-8-16(15)12-18;/h3-13H,1-2H3;/q-2;+2. The van der Waals surface area contributed by atoms with Crippen LogP contribution < -0.4 is 10.4 Å². The molecule has 0 heterocycles. The molecule has 22 heavy (non-hydrogen) atoms. The normalized spacial score (nSPS) is 11.2. The third-order valence-corrected chi connectivity index (χ3v) is 7.01. The van der Waals surface area contributed by atoms with Crippen LogP contribution in [-0.2, 0) is 26.2 Å². The summed E-state index contributed by atoms with van der Waals surface area (Å²) in [5.74, 6) is 0. The molecule has 4 aromatic carbocycles. The number of benzene rings is 2. The van der Waals surface area contributed by atoms with Crippen molar-refractivity contribution in [1.29, 1.82) is 0 Å². The van der Waals surface area contributed by atoms with Crippen LogP contribution in [0.4, 0.5) is 0 Å². The molecule has 0 atom stereocenters. The van der Waals surface area contributed by atoms with E-state index in [-0.39, 0.29) is 26.2 Å². The van der Waals surface area contributed by atoms with Crippen LogP contribution in [0.15, 0.2) is 66.7 Å². The molecule has 0 saturated heterocycles. The van der Waals surface area contributed by atoms with Crippen LogP contribution in [0, 0.1) is 6.92 Å². The summed E-state index contributed by atoms with van der Waals surface area (Å²) in [4.78, 5) is 0. The number of hydrogen-bond donors (Lipinski definition) is 0. The van der Waals surface area contributed by atoms with E-state index < -0.39 is 8.80 Å². The van der Waals surface area contributed by atoms with Gasteiger partial charge in [-0.1, -0.05) is 25.6 Å². The van der Waals surface area contributed by atoms with Crippen LogP contribution in [0.25, 0.3) is 21.5 Å². The van der Waals surface area contributed by atoms with Gasteiger partial charge < -0.3 is 0 Å². The molecule has 0 unspecified atom stereocenters. The second kappa shape index (κ2) is 6.10. The first-order valence-electron chi connectivity index (χ1n) is 7.39. The predicted molar refractivity (Wildman–Crippen MR) is 94.7 cm³/mol. The molecule has 0 aliphatic rings. The molecule has 0 amide bonds. The molecule has 0 N–H and O–H groups in total. The van der Waals surface area contributed by atoms with Crippen molar-refractivity contribution in [2.24, 2.45) is 0 Å². The Morgan fingerprint density at radius 2 is 1.59 bits per heavy atom. The average Bonchev–Trinajstić information content (AvgIpc) is 3.08. The summed E-state index contributed by atoms with van der Waals surface area (Å²) in [5.41, 5.74) is 1.47. The van der Waals surface area contributed by atoms with Gasteiger partial charge >= 0.3 is 26.2 Å². The van der Waals surface area contributed by atoms with E-state index in [1.807, 2.05) is 0 Å².